The summed E-state index contributed by atoms with van der Waals surface area (Å²) in [6, 6.07) is 9.51. The molecule has 1 unspecified atom stereocenters. The molecule has 9 heteroatoms. The van der Waals surface area contributed by atoms with E-state index in [1.54, 1.807) is 43.5 Å². The van der Waals surface area contributed by atoms with Crippen LogP contribution in [0.1, 0.15) is 36.9 Å². The van der Waals surface area contributed by atoms with E-state index in [-0.39, 0.29) is 11.3 Å². The van der Waals surface area contributed by atoms with Crippen LogP contribution in [-0.4, -0.2) is 80.7 Å². The van der Waals surface area contributed by atoms with Crippen molar-refractivity contribution in [1.82, 2.24) is 9.80 Å². The van der Waals surface area contributed by atoms with Gasteiger partial charge >= 0.3 is 0 Å². The second-order valence-electron chi connectivity index (χ2n) is 9.27. The highest BCUT2D eigenvalue weighted by Gasteiger charge is 2.46. The Balaban J connectivity index is 1.79. The van der Waals surface area contributed by atoms with E-state index in [1.807, 2.05) is 19.0 Å². The summed E-state index contributed by atoms with van der Waals surface area (Å²) in [7, 11) is 5.34. The number of ketones is 1. The van der Waals surface area contributed by atoms with Crippen molar-refractivity contribution in [3.05, 3.63) is 53.1 Å². The molecular formula is C28H34N2O7. The van der Waals surface area contributed by atoms with Gasteiger partial charge in [0.05, 0.1) is 25.3 Å². The van der Waals surface area contributed by atoms with Gasteiger partial charge in [-0.05, 0) is 56.4 Å². The Morgan fingerprint density at radius 1 is 1.08 bits per heavy atom. The zero-order valence-electron chi connectivity index (χ0n) is 21.8. The molecule has 0 bridgehead atoms. The fourth-order valence-electron chi connectivity index (χ4n) is 4.41. The quantitative estimate of drug-likeness (QED) is 0.224. The van der Waals surface area contributed by atoms with Crippen molar-refractivity contribution in [2.45, 2.75) is 25.8 Å². The summed E-state index contributed by atoms with van der Waals surface area (Å²) >= 11 is 0. The Morgan fingerprint density at radius 2 is 1.84 bits per heavy atom. The lowest BCUT2D eigenvalue weighted by Gasteiger charge is -2.27. The predicted octanol–water partition coefficient (Wildman–Crippen LogP) is 3.63. The Morgan fingerprint density at radius 3 is 2.54 bits per heavy atom. The number of hydrogen-bond donors (Lipinski definition) is 1. The first kappa shape index (κ1) is 26.3. The van der Waals surface area contributed by atoms with Crippen LogP contribution in [0.3, 0.4) is 0 Å². The number of fused-ring (bicyclic) bond motifs is 1. The highest BCUT2D eigenvalue weighted by atomic mass is 16.6. The van der Waals surface area contributed by atoms with Crippen LogP contribution < -0.4 is 18.9 Å². The third-order valence-electron chi connectivity index (χ3n) is 6.40. The molecule has 9 nitrogen and oxygen atoms in total. The zero-order chi connectivity index (χ0) is 26.5. The van der Waals surface area contributed by atoms with Crippen LogP contribution in [0.15, 0.2) is 42.0 Å². The number of carbonyl (C=O) groups is 2. The summed E-state index contributed by atoms with van der Waals surface area (Å²) in [5.74, 6) is 0.447. The van der Waals surface area contributed by atoms with E-state index in [0.717, 1.165) is 12.8 Å². The van der Waals surface area contributed by atoms with E-state index in [1.165, 1.54) is 4.90 Å². The van der Waals surface area contributed by atoms with E-state index >= 15 is 0 Å². The predicted molar refractivity (Wildman–Crippen MR) is 138 cm³/mol. The molecule has 2 aliphatic heterocycles. The van der Waals surface area contributed by atoms with E-state index in [2.05, 4.69) is 6.92 Å². The van der Waals surface area contributed by atoms with E-state index < -0.39 is 17.7 Å². The molecule has 1 N–H and O–H groups in total. The lowest BCUT2D eigenvalue weighted by atomic mass is 9.94. The van der Waals surface area contributed by atoms with Crippen molar-refractivity contribution < 1.29 is 33.6 Å². The monoisotopic (exact) mass is 510 g/mol. The van der Waals surface area contributed by atoms with Gasteiger partial charge in [-0.15, -0.1) is 0 Å². The molecule has 37 heavy (non-hydrogen) atoms. The van der Waals surface area contributed by atoms with Crippen molar-refractivity contribution in [2.24, 2.45) is 0 Å². The molecular weight excluding hydrogens is 476 g/mol. The molecule has 1 fully saturated rings. The van der Waals surface area contributed by atoms with Crippen molar-refractivity contribution in [2.75, 3.05) is 54.1 Å². The second-order valence-corrected chi connectivity index (χ2v) is 9.27. The highest BCUT2D eigenvalue weighted by molar-refractivity contribution is 6.46. The van der Waals surface area contributed by atoms with Gasteiger partial charge in [0.25, 0.3) is 11.7 Å². The lowest BCUT2D eigenvalue weighted by Crippen LogP contribution is -2.35. The standard InChI is InChI=1S/C28H34N2O7/c1-5-6-13-35-20-9-7-18(16-22(20)34-4)25-24(27(32)28(33)30(25)12-11-29(2)3)26(31)19-8-10-21-23(17-19)37-15-14-36-21/h7-10,16-17,25,31H,5-6,11-15H2,1-4H3. The van der Waals surface area contributed by atoms with Crippen molar-refractivity contribution in [1.29, 1.82) is 0 Å². The summed E-state index contributed by atoms with van der Waals surface area (Å²) in [5, 5.41) is 11.4. The fraction of sp³-hybridized carbons (Fsp3) is 0.429. The van der Waals surface area contributed by atoms with Gasteiger partial charge in [-0.3, -0.25) is 9.59 Å². The number of ether oxygens (including phenoxy) is 4. The molecule has 1 saturated heterocycles. The highest BCUT2D eigenvalue weighted by Crippen LogP contribution is 2.43. The largest absolute Gasteiger partial charge is 0.507 e. The number of likely N-dealkylation sites (N-methyl/N-ethyl adjacent to an activating group) is 1. The minimum absolute atomic E-state index is 0.0159. The number of rotatable bonds is 10. The number of methoxy groups -OCH3 is 1. The van der Waals surface area contributed by atoms with Gasteiger partial charge in [0.2, 0.25) is 0 Å². The number of unbranched alkanes of at least 4 members (excludes halogenated alkanes) is 1. The first-order chi connectivity index (χ1) is 17.8. The molecule has 2 aliphatic rings. The maximum atomic E-state index is 13.3. The van der Waals surface area contributed by atoms with Crippen LogP contribution in [0.2, 0.25) is 0 Å². The average Bonchev–Trinajstić information content (AvgIpc) is 3.16. The van der Waals surface area contributed by atoms with Gasteiger partial charge in [0.15, 0.2) is 23.0 Å². The molecule has 1 atom stereocenters. The topological polar surface area (TPSA) is 97.8 Å². The molecule has 2 aromatic rings. The van der Waals surface area contributed by atoms with Gasteiger partial charge in [0, 0.05) is 18.7 Å². The third kappa shape index (κ3) is 5.51. The van der Waals surface area contributed by atoms with E-state index in [9.17, 15) is 14.7 Å². The van der Waals surface area contributed by atoms with E-state index in [0.29, 0.717) is 67.0 Å². The normalized spacial score (nSPS) is 18.4. The molecule has 0 aromatic heterocycles. The number of amides is 1. The van der Waals surface area contributed by atoms with Crippen LogP contribution >= 0.6 is 0 Å². The van der Waals surface area contributed by atoms with Crippen LogP contribution in [-0.2, 0) is 9.59 Å². The summed E-state index contributed by atoms with van der Waals surface area (Å²) < 4.78 is 22.7. The number of aliphatic hydroxyl groups is 1. The van der Waals surface area contributed by atoms with Gasteiger partial charge in [-0.1, -0.05) is 19.4 Å². The average molecular weight is 511 g/mol. The molecule has 2 aromatic carbocycles. The molecule has 0 saturated carbocycles. The van der Waals surface area contributed by atoms with Crippen LogP contribution in [0.5, 0.6) is 23.0 Å². The Bertz CT molecular complexity index is 1190. The summed E-state index contributed by atoms with van der Waals surface area (Å²) in [6.45, 7) is 4.31. The maximum Gasteiger partial charge on any atom is 0.295 e. The second kappa shape index (κ2) is 11.6. The minimum atomic E-state index is -0.799. The van der Waals surface area contributed by atoms with Gasteiger partial charge in [-0.25, -0.2) is 0 Å². The summed E-state index contributed by atoms with van der Waals surface area (Å²) in [5.41, 5.74) is 1.02. The molecule has 2 heterocycles. The van der Waals surface area contributed by atoms with Gasteiger partial charge in [-0.2, -0.15) is 0 Å². The Labute approximate surface area is 217 Å². The fourth-order valence-corrected chi connectivity index (χ4v) is 4.41. The number of hydrogen-bond acceptors (Lipinski definition) is 8. The first-order valence-electron chi connectivity index (χ1n) is 12.5. The smallest absolute Gasteiger partial charge is 0.295 e. The minimum Gasteiger partial charge on any atom is -0.507 e. The van der Waals surface area contributed by atoms with Crippen molar-refractivity contribution in [3.8, 4) is 23.0 Å². The van der Waals surface area contributed by atoms with Crippen molar-refractivity contribution >= 4 is 17.4 Å². The zero-order valence-corrected chi connectivity index (χ0v) is 21.8. The molecule has 1 amide bonds. The number of carbonyl (C=O) groups excluding carboxylic acids is 2. The summed E-state index contributed by atoms with van der Waals surface area (Å²) in [6.07, 6.45) is 1.91. The SMILES string of the molecule is CCCCOc1ccc(C2C(=C(O)c3ccc4c(c3)OCCO4)C(=O)C(=O)N2CCN(C)C)cc1OC. The Kier molecular flexibility index (Phi) is 8.23. The van der Waals surface area contributed by atoms with Crippen molar-refractivity contribution in [3.63, 3.8) is 0 Å². The number of likely N-dealkylation sites (tertiary alicyclic amines) is 1. The first-order valence-corrected chi connectivity index (χ1v) is 12.5. The molecule has 198 valence electrons. The number of Topliss-reactive ketones (excluding diaryl/α,β-unsaturated/α-hetero) is 1. The maximum absolute atomic E-state index is 13.3. The molecule has 0 spiro atoms. The van der Waals surface area contributed by atoms with E-state index in [4.69, 9.17) is 18.9 Å². The third-order valence-corrected chi connectivity index (χ3v) is 6.40. The number of aliphatic hydroxyl groups excluding tert-OH is 1. The molecule has 0 radical (unpaired) electrons. The molecule has 4 rings (SSSR count). The summed E-state index contributed by atoms with van der Waals surface area (Å²) in [4.78, 5) is 29.9. The van der Waals surface area contributed by atoms with Gasteiger partial charge < -0.3 is 33.9 Å². The number of nitrogens with zero attached hydrogens (tertiary/aromatic N) is 2. The lowest BCUT2D eigenvalue weighted by molar-refractivity contribution is -0.140. The van der Waals surface area contributed by atoms with Crippen LogP contribution in [0.25, 0.3) is 5.76 Å². The number of benzene rings is 2. The van der Waals surface area contributed by atoms with Gasteiger partial charge in [0.1, 0.15) is 19.0 Å². The Hall–Kier alpha value is -3.72. The molecule has 0 aliphatic carbocycles. The van der Waals surface area contributed by atoms with Crippen LogP contribution in [0.4, 0.5) is 0 Å². The van der Waals surface area contributed by atoms with Crippen LogP contribution in [0, 0.1) is 0 Å².